The summed E-state index contributed by atoms with van der Waals surface area (Å²) in [5.74, 6) is -1.35. The molecule has 1 aromatic carbocycles. The van der Waals surface area contributed by atoms with E-state index < -0.39 is 23.6 Å². The lowest BCUT2D eigenvalue weighted by molar-refractivity contribution is -0.354. The van der Waals surface area contributed by atoms with Gasteiger partial charge in [-0.3, -0.25) is 0 Å². The van der Waals surface area contributed by atoms with Crippen molar-refractivity contribution in [3.63, 3.8) is 0 Å². The van der Waals surface area contributed by atoms with Crippen LogP contribution in [-0.2, 0) is 24.0 Å². The van der Waals surface area contributed by atoms with Crippen LogP contribution >= 0.6 is 0 Å². The molecule has 0 fully saturated rings. The highest BCUT2D eigenvalue weighted by molar-refractivity contribution is 5.91. The summed E-state index contributed by atoms with van der Waals surface area (Å²) >= 11 is 0. The van der Waals surface area contributed by atoms with Gasteiger partial charge in [-0.25, -0.2) is 19.4 Å². The van der Waals surface area contributed by atoms with Gasteiger partial charge < -0.3 is 9.47 Å². The first kappa shape index (κ1) is 17.1. The quantitative estimate of drug-likeness (QED) is 0.455. The van der Waals surface area contributed by atoms with E-state index in [4.69, 9.17) is 14.5 Å². The molecule has 0 N–H and O–H groups in total. The number of methoxy groups -OCH3 is 1. The van der Waals surface area contributed by atoms with E-state index in [0.717, 1.165) is 0 Å². The third-order valence-electron chi connectivity index (χ3n) is 2.25. The number of benzene rings is 1. The zero-order valence-electron chi connectivity index (χ0n) is 12.6. The topological polar surface area (TPSA) is 71.1 Å². The standard InChI is InChI=1S/C15H20O6/c1-15(2,3)21-19-10-12(14(17)18-4)20-13(16)11-8-6-5-7-9-11/h5-9,12H,10H2,1-4H3. The lowest BCUT2D eigenvalue weighted by atomic mass is 10.2. The molecule has 1 aromatic rings. The SMILES string of the molecule is COC(=O)C(COOC(C)(C)C)OC(=O)c1ccccc1. The molecule has 0 aliphatic carbocycles. The van der Waals surface area contributed by atoms with Crippen LogP contribution in [0.4, 0.5) is 0 Å². The van der Waals surface area contributed by atoms with E-state index in [1.165, 1.54) is 7.11 Å². The fourth-order valence-corrected chi connectivity index (χ4v) is 1.33. The summed E-state index contributed by atoms with van der Waals surface area (Å²) in [5, 5.41) is 0. The molecule has 0 heterocycles. The molecule has 0 aliphatic rings. The summed E-state index contributed by atoms with van der Waals surface area (Å²) in [6.07, 6.45) is -1.19. The lowest BCUT2D eigenvalue weighted by Gasteiger charge is -2.20. The Balaban J connectivity index is 2.62. The molecule has 0 amide bonds. The minimum Gasteiger partial charge on any atom is -0.466 e. The van der Waals surface area contributed by atoms with E-state index in [1.54, 1.807) is 51.1 Å². The van der Waals surface area contributed by atoms with Gasteiger partial charge in [0.05, 0.1) is 18.3 Å². The summed E-state index contributed by atoms with van der Waals surface area (Å²) in [4.78, 5) is 33.5. The van der Waals surface area contributed by atoms with Gasteiger partial charge in [-0.2, -0.15) is 0 Å². The van der Waals surface area contributed by atoms with Crippen molar-refractivity contribution in [2.24, 2.45) is 0 Å². The molecule has 0 spiro atoms. The predicted octanol–water partition coefficient (Wildman–Crippen LogP) is 2.13. The molecule has 6 heteroatoms. The van der Waals surface area contributed by atoms with Gasteiger partial charge in [-0.15, -0.1) is 0 Å². The molecule has 0 saturated carbocycles. The van der Waals surface area contributed by atoms with E-state index in [2.05, 4.69) is 4.74 Å². The normalized spacial score (nSPS) is 12.6. The van der Waals surface area contributed by atoms with Gasteiger partial charge in [0, 0.05) is 0 Å². The maximum Gasteiger partial charge on any atom is 0.349 e. The summed E-state index contributed by atoms with van der Waals surface area (Å²) in [6, 6.07) is 8.34. The van der Waals surface area contributed by atoms with Crippen molar-refractivity contribution >= 4 is 11.9 Å². The first-order valence-electron chi connectivity index (χ1n) is 6.48. The van der Waals surface area contributed by atoms with Crippen LogP contribution in [0, 0.1) is 0 Å². The van der Waals surface area contributed by atoms with Crippen LogP contribution in [0.2, 0.25) is 0 Å². The van der Waals surface area contributed by atoms with E-state index in [0.29, 0.717) is 5.56 Å². The molecule has 0 bridgehead atoms. The third-order valence-corrected chi connectivity index (χ3v) is 2.25. The first-order valence-corrected chi connectivity index (χ1v) is 6.48. The highest BCUT2D eigenvalue weighted by atomic mass is 17.2. The fourth-order valence-electron chi connectivity index (χ4n) is 1.33. The van der Waals surface area contributed by atoms with E-state index >= 15 is 0 Å². The zero-order chi connectivity index (χ0) is 15.9. The van der Waals surface area contributed by atoms with Crippen LogP contribution in [-0.4, -0.2) is 37.4 Å². The van der Waals surface area contributed by atoms with Gasteiger partial charge in [-0.1, -0.05) is 18.2 Å². The van der Waals surface area contributed by atoms with Gasteiger partial charge in [0.25, 0.3) is 0 Å². The maximum absolute atomic E-state index is 11.9. The molecular weight excluding hydrogens is 276 g/mol. The molecule has 6 nitrogen and oxygen atoms in total. The average molecular weight is 296 g/mol. The number of carbonyl (C=O) groups excluding carboxylic acids is 2. The van der Waals surface area contributed by atoms with Crippen molar-refractivity contribution in [2.75, 3.05) is 13.7 Å². The third kappa shape index (κ3) is 6.37. The molecule has 1 rings (SSSR count). The largest absolute Gasteiger partial charge is 0.466 e. The lowest BCUT2D eigenvalue weighted by Crippen LogP contribution is -2.34. The second kappa shape index (κ2) is 7.75. The number of esters is 2. The van der Waals surface area contributed by atoms with Gasteiger partial charge in [-0.05, 0) is 32.9 Å². The van der Waals surface area contributed by atoms with E-state index in [1.807, 2.05) is 0 Å². The van der Waals surface area contributed by atoms with Gasteiger partial charge >= 0.3 is 11.9 Å². The first-order chi connectivity index (χ1) is 9.83. The number of carbonyl (C=O) groups is 2. The van der Waals surface area contributed by atoms with Crippen molar-refractivity contribution in [3.05, 3.63) is 35.9 Å². The van der Waals surface area contributed by atoms with Gasteiger partial charge in [0.1, 0.15) is 6.61 Å². The molecular formula is C15H20O6. The van der Waals surface area contributed by atoms with Crippen LogP contribution in [0.25, 0.3) is 0 Å². The maximum atomic E-state index is 11.9. The van der Waals surface area contributed by atoms with E-state index in [9.17, 15) is 9.59 Å². The second-order valence-electron chi connectivity index (χ2n) is 5.26. The van der Waals surface area contributed by atoms with Crippen LogP contribution in [0.15, 0.2) is 30.3 Å². The summed E-state index contributed by atoms with van der Waals surface area (Å²) in [6.45, 7) is 5.12. The van der Waals surface area contributed by atoms with Crippen LogP contribution < -0.4 is 0 Å². The minimum atomic E-state index is -1.19. The Labute approximate surface area is 123 Å². The monoisotopic (exact) mass is 296 g/mol. The Morgan fingerprint density at radius 3 is 2.29 bits per heavy atom. The molecule has 1 unspecified atom stereocenters. The highest BCUT2D eigenvalue weighted by Gasteiger charge is 2.26. The highest BCUT2D eigenvalue weighted by Crippen LogP contribution is 2.10. The molecule has 0 aliphatic heterocycles. The number of ether oxygens (including phenoxy) is 2. The van der Waals surface area contributed by atoms with Crippen molar-refractivity contribution in [1.82, 2.24) is 0 Å². The van der Waals surface area contributed by atoms with Gasteiger partial charge in [0.2, 0.25) is 6.10 Å². The summed E-state index contributed by atoms with van der Waals surface area (Å²) < 4.78 is 9.67. The Morgan fingerprint density at radius 1 is 1.14 bits per heavy atom. The summed E-state index contributed by atoms with van der Waals surface area (Å²) in [7, 11) is 1.20. The Bertz CT molecular complexity index is 463. The number of hydrogen-bond acceptors (Lipinski definition) is 6. The molecule has 116 valence electrons. The van der Waals surface area contributed by atoms with Crippen LogP contribution in [0.3, 0.4) is 0 Å². The molecule has 0 saturated heterocycles. The van der Waals surface area contributed by atoms with Crippen LogP contribution in [0.1, 0.15) is 31.1 Å². The Kier molecular flexibility index (Phi) is 6.33. The fraction of sp³-hybridized carbons (Fsp3) is 0.467. The second-order valence-corrected chi connectivity index (χ2v) is 5.26. The van der Waals surface area contributed by atoms with Crippen molar-refractivity contribution in [3.8, 4) is 0 Å². The van der Waals surface area contributed by atoms with E-state index in [-0.39, 0.29) is 6.61 Å². The smallest absolute Gasteiger partial charge is 0.349 e. The Hall–Kier alpha value is -1.92. The van der Waals surface area contributed by atoms with Crippen LogP contribution in [0.5, 0.6) is 0 Å². The van der Waals surface area contributed by atoms with Crippen molar-refractivity contribution in [2.45, 2.75) is 32.5 Å². The Morgan fingerprint density at radius 2 is 1.76 bits per heavy atom. The summed E-state index contributed by atoms with van der Waals surface area (Å²) in [5.41, 5.74) is -0.201. The molecule has 0 radical (unpaired) electrons. The number of hydrogen-bond donors (Lipinski definition) is 0. The molecule has 1 atom stereocenters. The zero-order valence-corrected chi connectivity index (χ0v) is 12.6. The predicted molar refractivity (Wildman–Crippen MR) is 74.5 cm³/mol. The minimum absolute atomic E-state index is 0.248. The average Bonchev–Trinajstić information content (AvgIpc) is 2.45. The molecule has 0 aromatic heterocycles. The number of rotatable bonds is 6. The molecule has 21 heavy (non-hydrogen) atoms. The van der Waals surface area contributed by atoms with Crippen molar-refractivity contribution < 1.29 is 28.8 Å². The van der Waals surface area contributed by atoms with Crippen molar-refractivity contribution in [1.29, 1.82) is 0 Å². The van der Waals surface area contributed by atoms with Gasteiger partial charge in [0.15, 0.2) is 0 Å².